The van der Waals surface area contributed by atoms with Gasteiger partial charge >= 0.3 is 5.97 Å². The summed E-state index contributed by atoms with van der Waals surface area (Å²) < 4.78 is 20.5. The second kappa shape index (κ2) is 9.49. The van der Waals surface area contributed by atoms with Crippen LogP contribution in [0.3, 0.4) is 0 Å². The summed E-state index contributed by atoms with van der Waals surface area (Å²) in [6, 6.07) is 17.5. The predicted molar refractivity (Wildman–Crippen MR) is 126 cm³/mol. The third-order valence-electron chi connectivity index (χ3n) is 5.94. The molecule has 0 radical (unpaired) electrons. The number of carbonyl (C=O) groups is 1. The van der Waals surface area contributed by atoms with Crippen molar-refractivity contribution in [1.29, 1.82) is 0 Å². The topological polar surface area (TPSA) is 66.8 Å². The van der Waals surface area contributed by atoms with Crippen molar-refractivity contribution in [2.45, 2.75) is 45.1 Å². The number of aryl methyl sites for hydroxylation is 1. The minimum atomic E-state index is -0.828. The van der Waals surface area contributed by atoms with Crippen LogP contribution in [0.1, 0.15) is 55.4 Å². The van der Waals surface area contributed by atoms with Gasteiger partial charge in [-0.15, -0.1) is 0 Å². The minimum Gasteiger partial charge on any atom is -0.508 e. The summed E-state index contributed by atoms with van der Waals surface area (Å²) in [6.07, 6.45) is 3.57. The van der Waals surface area contributed by atoms with Crippen LogP contribution in [0.15, 0.2) is 72.3 Å². The van der Waals surface area contributed by atoms with E-state index in [1.165, 1.54) is 18.2 Å². The molecule has 0 heterocycles. The number of allylic oxidation sites excluding steroid dienone is 2. The van der Waals surface area contributed by atoms with Crippen molar-refractivity contribution in [3.63, 3.8) is 0 Å². The molecule has 0 saturated carbocycles. The van der Waals surface area contributed by atoms with Gasteiger partial charge < -0.3 is 14.9 Å². The summed E-state index contributed by atoms with van der Waals surface area (Å²) in [5, 5.41) is 18.9. The summed E-state index contributed by atoms with van der Waals surface area (Å²) in [5.41, 5.74) is 5.32. The Kier molecular flexibility index (Phi) is 6.50. The van der Waals surface area contributed by atoms with Gasteiger partial charge in [-0.25, -0.2) is 4.39 Å². The number of halogens is 1. The summed E-state index contributed by atoms with van der Waals surface area (Å²) in [7, 11) is 0. The van der Waals surface area contributed by atoms with Crippen molar-refractivity contribution in [3.8, 4) is 22.6 Å². The van der Waals surface area contributed by atoms with Crippen molar-refractivity contribution in [1.82, 2.24) is 0 Å². The quantitative estimate of drug-likeness (QED) is 0.392. The van der Waals surface area contributed by atoms with E-state index in [9.17, 15) is 19.4 Å². The van der Waals surface area contributed by atoms with Gasteiger partial charge in [0.05, 0.1) is 6.42 Å². The lowest BCUT2D eigenvalue weighted by Gasteiger charge is -2.17. The fourth-order valence-corrected chi connectivity index (χ4v) is 4.42. The first-order valence-electron chi connectivity index (χ1n) is 11.1. The fourth-order valence-electron chi connectivity index (χ4n) is 4.42. The van der Waals surface area contributed by atoms with E-state index in [0.29, 0.717) is 5.56 Å². The summed E-state index contributed by atoms with van der Waals surface area (Å²) in [4.78, 5) is 11.2. The molecule has 0 bridgehead atoms. The van der Waals surface area contributed by atoms with Gasteiger partial charge in [0.15, 0.2) is 0 Å². The van der Waals surface area contributed by atoms with Gasteiger partial charge in [0.2, 0.25) is 0 Å². The fraction of sp³-hybridized carbons (Fsp3) is 0.250. The number of phenolic OH excluding ortho intramolecular Hbond substituents is 1. The monoisotopic (exact) mass is 446 g/mol. The molecule has 0 aliphatic heterocycles. The summed E-state index contributed by atoms with van der Waals surface area (Å²) in [6.45, 7) is 3.92. The molecule has 0 saturated heterocycles. The van der Waals surface area contributed by atoms with Crippen LogP contribution in [0.5, 0.6) is 11.5 Å². The van der Waals surface area contributed by atoms with Crippen molar-refractivity contribution in [2.75, 3.05) is 0 Å². The van der Waals surface area contributed by atoms with Gasteiger partial charge in [-0.05, 0) is 79.3 Å². The summed E-state index contributed by atoms with van der Waals surface area (Å²) in [5.74, 6) is -0.610. The predicted octanol–water partition coefficient (Wildman–Crippen LogP) is 6.79. The van der Waals surface area contributed by atoms with E-state index >= 15 is 0 Å². The standard InChI is InChI=1S/C28H27FO4/c1-17(2)13-21(15-28(31)32)18-3-8-23(9-4-18)33-27-12-6-19-14-20(5-10-24(19)27)25-16-22(30)7-11-26(25)29/h3-5,7-11,13-14,16,21,27,30H,6,12,15H2,1-2H3,(H,31,32)/t21-,27?/m0/s1. The largest absolute Gasteiger partial charge is 0.508 e. The number of fused-ring (bicyclic) bond motifs is 1. The van der Waals surface area contributed by atoms with Gasteiger partial charge in [-0.3, -0.25) is 4.79 Å². The lowest BCUT2D eigenvalue weighted by Crippen LogP contribution is -2.06. The zero-order chi connectivity index (χ0) is 23.5. The number of ether oxygens (including phenoxy) is 1. The van der Waals surface area contributed by atoms with Crippen LogP contribution in [0, 0.1) is 5.82 Å². The Hall–Kier alpha value is -3.60. The van der Waals surface area contributed by atoms with Crippen LogP contribution >= 0.6 is 0 Å². The maximum absolute atomic E-state index is 14.2. The number of hydrogen-bond donors (Lipinski definition) is 2. The van der Waals surface area contributed by atoms with Gasteiger partial charge in [-0.1, -0.05) is 42.0 Å². The molecule has 4 nitrogen and oxygen atoms in total. The molecule has 2 atom stereocenters. The molecule has 0 spiro atoms. The molecule has 3 aromatic carbocycles. The van der Waals surface area contributed by atoms with Crippen LogP contribution in [0.4, 0.5) is 4.39 Å². The highest BCUT2D eigenvalue weighted by atomic mass is 19.1. The second-order valence-corrected chi connectivity index (χ2v) is 8.74. The highest BCUT2D eigenvalue weighted by molar-refractivity contribution is 5.69. The average Bonchev–Trinajstić information content (AvgIpc) is 3.17. The smallest absolute Gasteiger partial charge is 0.304 e. The van der Waals surface area contributed by atoms with E-state index in [1.807, 2.05) is 62.4 Å². The van der Waals surface area contributed by atoms with E-state index in [-0.39, 0.29) is 30.0 Å². The first kappa shape index (κ1) is 22.6. The molecule has 3 aromatic rings. The molecule has 1 unspecified atom stereocenters. The van der Waals surface area contributed by atoms with Crippen LogP contribution in [-0.2, 0) is 11.2 Å². The molecule has 170 valence electrons. The SMILES string of the molecule is CC(C)=C[C@@H](CC(=O)O)c1ccc(OC2CCc3cc(-c4cc(O)ccc4F)ccc32)cc1. The van der Waals surface area contributed by atoms with E-state index in [0.717, 1.165) is 46.4 Å². The molecule has 0 fully saturated rings. The molecule has 0 aromatic heterocycles. The first-order valence-corrected chi connectivity index (χ1v) is 11.1. The van der Waals surface area contributed by atoms with E-state index in [2.05, 4.69) is 0 Å². The number of aliphatic carboxylic acids is 1. The van der Waals surface area contributed by atoms with Gasteiger partial charge in [-0.2, -0.15) is 0 Å². The third-order valence-corrected chi connectivity index (χ3v) is 5.94. The van der Waals surface area contributed by atoms with Crippen molar-refractivity contribution >= 4 is 5.97 Å². The molecule has 1 aliphatic rings. The molecular weight excluding hydrogens is 419 g/mol. The van der Waals surface area contributed by atoms with Gasteiger partial charge in [0.1, 0.15) is 23.4 Å². The zero-order valence-corrected chi connectivity index (χ0v) is 18.7. The Balaban J connectivity index is 1.51. The number of carboxylic acids is 1. The Morgan fingerprint density at radius 3 is 2.58 bits per heavy atom. The number of carboxylic acid groups (broad SMARTS) is 1. The molecule has 2 N–H and O–H groups in total. The number of hydrogen-bond acceptors (Lipinski definition) is 3. The van der Waals surface area contributed by atoms with E-state index in [4.69, 9.17) is 4.74 Å². The van der Waals surface area contributed by atoms with Crippen LogP contribution in [0.2, 0.25) is 0 Å². The van der Waals surface area contributed by atoms with Crippen molar-refractivity contribution < 1.29 is 24.1 Å². The Morgan fingerprint density at radius 2 is 1.88 bits per heavy atom. The van der Waals surface area contributed by atoms with E-state index in [1.54, 1.807) is 0 Å². The molecular formula is C28H27FO4. The third kappa shape index (κ3) is 5.25. The molecule has 5 heteroatoms. The number of benzene rings is 3. The second-order valence-electron chi connectivity index (χ2n) is 8.74. The highest BCUT2D eigenvalue weighted by Crippen LogP contribution is 2.38. The van der Waals surface area contributed by atoms with Gasteiger partial charge in [0.25, 0.3) is 0 Å². The molecule has 33 heavy (non-hydrogen) atoms. The average molecular weight is 447 g/mol. The van der Waals surface area contributed by atoms with Crippen LogP contribution < -0.4 is 4.74 Å². The number of aromatic hydroxyl groups is 1. The Labute approximate surface area is 193 Å². The van der Waals surface area contributed by atoms with Crippen molar-refractivity contribution in [3.05, 3.63) is 94.8 Å². The summed E-state index contributed by atoms with van der Waals surface area (Å²) >= 11 is 0. The zero-order valence-electron chi connectivity index (χ0n) is 18.7. The van der Waals surface area contributed by atoms with E-state index < -0.39 is 5.97 Å². The maximum Gasteiger partial charge on any atom is 0.304 e. The normalized spacial score (nSPS) is 15.5. The van der Waals surface area contributed by atoms with Crippen LogP contribution in [-0.4, -0.2) is 16.2 Å². The molecule has 4 rings (SSSR count). The van der Waals surface area contributed by atoms with Crippen LogP contribution in [0.25, 0.3) is 11.1 Å². The van der Waals surface area contributed by atoms with Crippen molar-refractivity contribution in [2.24, 2.45) is 0 Å². The number of phenols is 1. The highest BCUT2D eigenvalue weighted by Gasteiger charge is 2.25. The lowest BCUT2D eigenvalue weighted by atomic mass is 9.94. The Morgan fingerprint density at radius 1 is 1.12 bits per heavy atom. The molecule has 1 aliphatic carbocycles. The minimum absolute atomic E-state index is 0.0340. The number of rotatable bonds is 7. The maximum atomic E-state index is 14.2. The molecule has 0 amide bonds. The first-order chi connectivity index (χ1) is 15.8. The van der Waals surface area contributed by atoms with Gasteiger partial charge in [0, 0.05) is 11.5 Å². The lowest BCUT2D eigenvalue weighted by molar-refractivity contribution is -0.137. The Bertz CT molecular complexity index is 1190.